The predicted octanol–water partition coefficient (Wildman–Crippen LogP) is 8.35. The van der Waals surface area contributed by atoms with Gasteiger partial charge in [0.25, 0.3) is 0 Å². The maximum absolute atomic E-state index is 15.1. The van der Waals surface area contributed by atoms with Gasteiger partial charge in [-0.15, -0.1) is 0 Å². The fourth-order valence-electron chi connectivity index (χ4n) is 7.02. The van der Waals surface area contributed by atoms with E-state index < -0.39 is 23.3 Å². The average molecular weight is 821 g/mol. The molecule has 0 amide bonds. The van der Waals surface area contributed by atoms with Gasteiger partial charge in [-0.2, -0.15) is 15.3 Å². The highest BCUT2D eigenvalue weighted by atomic mass is 35.5. The molecule has 7 aromatic heterocycles. The molecule has 1 aliphatic heterocycles. The molecule has 0 N–H and O–H groups in total. The molecule has 9 aromatic rings. The van der Waals surface area contributed by atoms with Gasteiger partial charge in [0.2, 0.25) is 0 Å². The number of halogens is 5. The Labute approximate surface area is 338 Å². The van der Waals surface area contributed by atoms with Gasteiger partial charge < -0.3 is 9.47 Å². The minimum Gasteiger partial charge on any atom is -0.353 e. The number of hydrogen-bond donors (Lipinski definition) is 0. The molecule has 1 fully saturated rings. The summed E-state index contributed by atoms with van der Waals surface area (Å²) in [5.41, 5.74) is 4.23. The van der Waals surface area contributed by atoms with E-state index in [0.29, 0.717) is 41.5 Å². The first-order chi connectivity index (χ1) is 28.8. The molecule has 8 heterocycles. The lowest BCUT2D eigenvalue weighted by Gasteiger charge is -2.22. The predicted molar refractivity (Wildman–Crippen MR) is 211 cm³/mol. The monoisotopic (exact) mass is 820 g/mol. The van der Waals surface area contributed by atoms with Crippen molar-refractivity contribution in [2.24, 2.45) is 0 Å². The molecular formula is C42H33ClF4N10O2. The molecule has 1 aliphatic rings. The summed E-state index contributed by atoms with van der Waals surface area (Å²) in [5, 5.41) is 14.0. The largest absolute Gasteiger partial charge is 0.353 e. The number of ether oxygens (including phenoxy) is 2. The van der Waals surface area contributed by atoms with E-state index in [1.807, 2.05) is 18.3 Å². The van der Waals surface area contributed by atoms with E-state index in [0.717, 1.165) is 31.4 Å². The molecule has 1 unspecified atom stereocenters. The highest BCUT2D eigenvalue weighted by Gasteiger charge is 2.20. The highest BCUT2D eigenvalue weighted by molar-refractivity contribution is 6.29. The van der Waals surface area contributed by atoms with Crippen LogP contribution in [0.25, 0.3) is 44.4 Å². The van der Waals surface area contributed by atoms with Gasteiger partial charge >= 0.3 is 0 Å². The smallest absolute Gasteiger partial charge is 0.157 e. The normalized spacial score (nSPS) is 14.4. The molecule has 17 heteroatoms. The van der Waals surface area contributed by atoms with Crippen LogP contribution in [0.5, 0.6) is 0 Å². The number of nitrogens with zero attached hydrogens (tertiary/aromatic N) is 10. The van der Waals surface area contributed by atoms with Crippen molar-refractivity contribution in [3.05, 3.63) is 149 Å². The van der Waals surface area contributed by atoms with Crippen LogP contribution in [0.1, 0.15) is 41.8 Å². The lowest BCUT2D eigenvalue weighted by atomic mass is 10.0. The van der Waals surface area contributed by atoms with Crippen LogP contribution in [-0.2, 0) is 28.9 Å². The van der Waals surface area contributed by atoms with Gasteiger partial charge in [0.15, 0.2) is 17.6 Å². The third kappa shape index (κ3) is 7.93. The molecule has 0 saturated carbocycles. The van der Waals surface area contributed by atoms with E-state index in [4.69, 9.17) is 21.1 Å². The molecule has 0 radical (unpaired) electrons. The molecule has 298 valence electrons. The summed E-state index contributed by atoms with van der Waals surface area (Å²) in [6, 6.07) is 15.9. The summed E-state index contributed by atoms with van der Waals surface area (Å²) in [5.74, 6) is -2.53. The number of rotatable bonds is 9. The van der Waals surface area contributed by atoms with Crippen molar-refractivity contribution in [1.29, 1.82) is 0 Å². The molecule has 12 nitrogen and oxygen atoms in total. The molecular weight excluding hydrogens is 788 g/mol. The molecule has 1 saturated heterocycles. The van der Waals surface area contributed by atoms with Crippen molar-refractivity contribution >= 4 is 44.7 Å². The number of fused-ring (bicyclic) bond motifs is 4. The number of benzene rings is 2. The van der Waals surface area contributed by atoms with E-state index in [-0.39, 0.29) is 57.2 Å². The maximum atomic E-state index is 15.1. The van der Waals surface area contributed by atoms with Gasteiger partial charge in [-0.3, -0.25) is 14.6 Å². The molecule has 1 atom stereocenters. The van der Waals surface area contributed by atoms with E-state index >= 15 is 4.39 Å². The Bertz CT molecular complexity index is 2970. The lowest BCUT2D eigenvalue weighted by molar-refractivity contribution is -0.163. The Morgan fingerprint density at radius 3 is 1.98 bits per heavy atom. The minimum atomic E-state index is -0.648. The lowest BCUT2D eigenvalue weighted by Crippen LogP contribution is -2.24. The third-order valence-corrected chi connectivity index (χ3v) is 10.2. The van der Waals surface area contributed by atoms with Crippen molar-refractivity contribution in [2.75, 3.05) is 13.2 Å². The van der Waals surface area contributed by atoms with Gasteiger partial charge in [-0.05, 0) is 67.8 Å². The Balaban J connectivity index is 0.000000168. The Kier molecular flexibility index (Phi) is 10.7. The van der Waals surface area contributed by atoms with Crippen molar-refractivity contribution in [3.8, 4) is 11.3 Å². The number of imidazole rings is 2. The SMILES string of the molecule is Fc1cc2ncccc2c(F)c1Cc1cnc2ccc(-c3cnn(CCOC4CCCCO4)c3)nn12.Fc1cc2ncccc2c(F)c1Cc1cnc2ccc(Cl)nn12. The van der Waals surface area contributed by atoms with E-state index in [2.05, 4.69) is 35.2 Å². The van der Waals surface area contributed by atoms with Crippen LogP contribution in [-0.4, -0.2) is 68.4 Å². The van der Waals surface area contributed by atoms with E-state index in [1.54, 1.807) is 58.0 Å². The number of aromatic nitrogens is 10. The van der Waals surface area contributed by atoms with Crippen LogP contribution in [0.3, 0.4) is 0 Å². The van der Waals surface area contributed by atoms with Crippen LogP contribution in [0.2, 0.25) is 5.15 Å². The van der Waals surface area contributed by atoms with Crippen LogP contribution in [0, 0.1) is 23.3 Å². The van der Waals surface area contributed by atoms with Crippen LogP contribution in [0.4, 0.5) is 17.6 Å². The second-order valence-electron chi connectivity index (χ2n) is 13.9. The molecule has 0 bridgehead atoms. The second-order valence-corrected chi connectivity index (χ2v) is 14.3. The maximum Gasteiger partial charge on any atom is 0.157 e. The van der Waals surface area contributed by atoms with Gasteiger partial charge in [-0.25, -0.2) is 36.6 Å². The average Bonchev–Trinajstić information content (AvgIpc) is 4.00. The van der Waals surface area contributed by atoms with E-state index in [1.165, 1.54) is 35.2 Å². The Hall–Kier alpha value is -6.36. The Morgan fingerprint density at radius 1 is 0.729 bits per heavy atom. The molecule has 2 aromatic carbocycles. The molecule has 10 rings (SSSR count). The summed E-state index contributed by atoms with van der Waals surface area (Å²) >= 11 is 5.88. The molecule has 0 spiro atoms. The third-order valence-electron chi connectivity index (χ3n) is 10.0. The van der Waals surface area contributed by atoms with Crippen LogP contribution < -0.4 is 0 Å². The van der Waals surface area contributed by atoms with Crippen LogP contribution >= 0.6 is 11.6 Å². The van der Waals surface area contributed by atoms with Gasteiger partial charge in [0.1, 0.15) is 28.4 Å². The fraction of sp³-hybridized carbons (Fsp3) is 0.214. The van der Waals surface area contributed by atoms with Gasteiger partial charge in [-0.1, -0.05) is 11.6 Å². The van der Waals surface area contributed by atoms with Crippen molar-refractivity contribution in [2.45, 2.75) is 44.9 Å². The molecule has 59 heavy (non-hydrogen) atoms. The second kappa shape index (κ2) is 16.5. The minimum absolute atomic E-state index is 0.0000403. The standard InChI is InChI=1S/C26H24F2N6O2.C16H9ClF2N4/c27-21-13-23-19(4-3-8-29-23)26(28)20(21)12-18-15-30-24-7-6-22(32-34(18)24)17-14-31-33(16-17)9-11-36-25-5-1-2-10-35-25;17-14-3-4-15-21-8-9(23(15)22-14)6-11-12(18)7-13-10(16(11)19)2-1-5-20-13/h3-4,6-8,13-16,25H,1-2,5,9-12H2;1-5,7-8H,6H2. The zero-order valence-electron chi connectivity index (χ0n) is 31.2. The number of hydrogen-bond acceptors (Lipinski definition) is 9. The van der Waals surface area contributed by atoms with Crippen molar-refractivity contribution in [3.63, 3.8) is 0 Å². The van der Waals surface area contributed by atoms with Crippen molar-refractivity contribution in [1.82, 2.24) is 48.9 Å². The number of pyridine rings is 2. The zero-order chi connectivity index (χ0) is 40.5. The summed E-state index contributed by atoms with van der Waals surface area (Å²) in [6.07, 6.45) is 12.8. The summed E-state index contributed by atoms with van der Waals surface area (Å²) in [7, 11) is 0. The fourth-order valence-corrected chi connectivity index (χ4v) is 7.16. The van der Waals surface area contributed by atoms with Crippen molar-refractivity contribution < 1.29 is 27.0 Å². The van der Waals surface area contributed by atoms with E-state index in [9.17, 15) is 13.2 Å². The highest BCUT2D eigenvalue weighted by Crippen LogP contribution is 2.27. The summed E-state index contributed by atoms with van der Waals surface area (Å²) in [4.78, 5) is 16.5. The van der Waals surface area contributed by atoms with Crippen LogP contribution in [0.15, 0.2) is 97.8 Å². The molecule has 0 aliphatic carbocycles. The zero-order valence-corrected chi connectivity index (χ0v) is 31.9. The topological polar surface area (TPSA) is 122 Å². The first-order valence-corrected chi connectivity index (χ1v) is 19.2. The summed E-state index contributed by atoms with van der Waals surface area (Å²) < 4.78 is 75.1. The van der Waals surface area contributed by atoms with Gasteiger partial charge in [0, 0.05) is 77.6 Å². The first-order valence-electron chi connectivity index (χ1n) is 18.8. The quantitative estimate of drug-likeness (QED) is 0.132. The van der Waals surface area contributed by atoms with Gasteiger partial charge in [0.05, 0.1) is 59.9 Å². The first kappa shape index (κ1) is 38.2. The summed E-state index contributed by atoms with van der Waals surface area (Å²) in [6.45, 7) is 1.84. The Morgan fingerprint density at radius 2 is 1.36 bits per heavy atom.